The Kier molecular flexibility index (Phi) is 4.58. The zero-order chi connectivity index (χ0) is 23.4. The van der Waals surface area contributed by atoms with Crippen LogP contribution in [0.25, 0.3) is 33.4 Å². The quantitative estimate of drug-likeness (QED) is 0.483. The molecular formula is C27H22N4O3. The monoisotopic (exact) mass is 450 g/mol. The van der Waals surface area contributed by atoms with Crippen molar-refractivity contribution >= 4 is 28.5 Å². The highest BCUT2D eigenvalue weighted by atomic mass is 16.2. The SMILES string of the molecule is Cn1cc(-c2ccc3c(c2)CN(C2CCC(=O)NC2=O)C3=O)nc1-c1cccc2ccccc12. The van der Waals surface area contributed by atoms with Gasteiger partial charge in [0.15, 0.2) is 0 Å². The summed E-state index contributed by atoms with van der Waals surface area (Å²) in [5, 5.41) is 4.65. The third-order valence-corrected chi connectivity index (χ3v) is 6.73. The Morgan fingerprint density at radius 2 is 1.79 bits per heavy atom. The summed E-state index contributed by atoms with van der Waals surface area (Å²) in [5.74, 6) is 0.00833. The molecule has 0 bridgehead atoms. The third kappa shape index (κ3) is 3.20. The third-order valence-electron chi connectivity index (χ3n) is 6.73. The summed E-state index contributed by atoms with van der Waals surface area (Å²) in [6, 6.07) is 19.5. The first-order valence-electron chi connectivity index (χ1n) is 11.3. The molecule has 0 aliphatic carbocycles. The van der Waals surface area contributed by atoms with E-state index in [9.17, 15) is 14.4 Å². The molecule has 168 valence electrons. The lowest BCUT2D eigenvalue weighted by atomic mass is 10.0. The normalized spacial score (nSPS) is 17.9. The molecule has 0 radical (unpaired) electrons. The van der Waals surface area contributed by atoms with Gasteiger partial charge in [0.25, 0.3) is 5.91 Å². The number of carbonyl (C=O) groups excluding carboxylic acids is 3. The van der Waals surface area contributed by atoms with Gasteiger partial charge in [-0.25, -0.2) is 4.98 Å². The molecule has 1 fully saturated rings. The Morgan fingerprint density at radius 3 is 2.65 bits per heavy atom. The van der Waals surface area contributed by atoms with Crippen molar-refractivity contribution in [1.29, 1.82) is 0 Å². The van der Waals surface area contributed by atoms with Crippen LogP contribution in [0.2, 0.25) is 0 Å². The molecule has 2 aliphatic heterocycles. The minimum Gasteiger partial charge on any atom is -0.333 e. The lowest BCUT2D eigenvalue weighted by Gasteiger charge is -2.29. The summed E-state index contributed by atoms with van der Waals surface area (Å²) in [7, 11) is 1.98. The molecule has 3 amide bonds. The number of carbonyl (C=O) groups is 3. The van der Waals surface area contributed by atoms with Crippen molar-refractivity contribution in [2.75, 3.05) is 0 Å². The molecule has 3 aromatic carbocycles. The zero-order valence-electron chi connectivity index (χ0n) is 18.6. The maximum atomic E-state index is 13.0. The van der Waals surface area contributed by atoms with E-state index >= 15 is 0 Å². The molecule has 7 heteroatoms. The molecule has 0 saturated carbocycles. The largest absolute Gasteiger partial charge is 0.333 e. The van der Waals surface area contributed by atoms with E-state index in [1.165, 1.54) is 0 Å². The molecule has 7 nitrogen and oxygen atoms in total. The van der Waals surface area contributed by atoms with Crippen LogP contribution in [-0.4, -0.2) is 38.2 Å². The van der Waals surface area contributed by atoms with Crippen LogP contribution < -0.4 is 5.32 Å². The van der Waals surface area contributed by atoms with E-state index in [-0.39, 0.29) is 18.2 Å². The number of fused-ring (bicyclic) bond motifs is 2. The highest BCUT2D eigenvalue weighted by Crippen LogP contribution is 2.33. The Balaban J connectivity index is 1.33. The smallest absolute Gasteiger partial charge is 0.255 e. The van der Waals surface area contributed by atoms with Crippen LogP contribution in [0.5, 0.6) is 0 Å². The summed E-state index contributed by atoms with van der Waals surface area (Å²) in [6.45, 7) is 0.345. The van der Waals surface area contributed by atoms with Gasteiger partial charge in [-0.05, 0) is 34.9 Å². The zero-order valence-corrected chi connectivity index (χ0v) is 18.6. The summed E-state index contributed by atoms with van der Waals surface area (Å²) in [4.78, 5) is 43.3. The number of imidazole rings is 1. The molecule has 1 atom stereocenters. The van der Waals surface area contributed by atoms with Crippen molar-refractivity contribution < 1.29 is 14.4 Å². The Hall–Kier alpha value is -4.26. The van der Waals surface area contributed by atoms with E-state index in [1.54, 1.807) is 4.90 Å². The fraction of sp³-hybridized carbons (Fsp3) is 0.185. The molecule has 3 heterocycles. The fourth-order valence-corrected chi connectivity index (χ4v) is 5.01. The first-order valence-corrected chi connectivity index (χ1v) is 11.3. The van der Waals surface area contributed by atoms with Gasteiger partial charge in [0, 0.05) is 42.9 Å². The molecule has 1 saturated heterocycles. The van der Waals surface area contributed by atoms with Gasteiger partial charge in [-0.15, -0.1) is 0 Å². The van der Waals surface area contributed by atoms with Gasteiger partial charge in [0.05, 0.1) is 5.69 Å². The molecule has 4 aromatic rings. The number of benzene rings is 3. The fourth-order valence-electron chi connectivity index (χ4n) is 5.01. The topological polar surface area (TPSA) is 84.3 Å². The van der Waals surface area contributed by atoms with Crippen molar-refractivity contribution in [3.8, 4) is 22.6 Å². The van der Waals surface area contributed by atoms with Crippen molar-refractivity contribution in [1.82, 2.24) is 19.8 Å². The number of nitrogens with one attached hydrogen (secondary N) is 1. The molecule has 6 rings (SSSR count). The Bertz CT molecular complexity index is 1500. The Labute approximate surface area is 196 Å². The van der Waals surface area contributed by atoms with Crippen LogP contribution in [0.4, 0.5) is 0 Å². The number of amides is 3. The number of hydrogen-bond acceptors (Lipinski definition) is 4. The molecule has 2 aliphatic rings. The van der Waals surface area contributed by atoms with Crippen molar-refractivity contribution in [3.63, 3.8) is 0 Å². The maximum absolute atomic E-state index is 13.0. The molecule has 1 aromatic heterocycles. The number of nitrogens with zero attached hydrogens (tertiary/aromatic N) is 3. The van der Waals surface area contributed by atoms with E-state index < -0.39 is 11.9 Å². The first-order chi connectivity index (χ1) is 16.5. The minimum absolute atomic E-state index is 0.173. The van der Waals surface area contributed by atoms with Gasteiger partial charge < -0.3 is 9.47 Å². The lowest BCUT2D eigenvalue weighted by molar-refractivity contribution is -0.136. The number of aryl methyl sites for hydroxylation is 1. The number of piperidine rings is 1. The Morgan fingerprint density at radius 1 is 0.971 bits per heavy atom. The van der Waals surface area contributed by atoms with Gasteiger partial charge in [0.1, 0.15) is 11.9 Å². The predicted octanol–water partition coefficient (Wildman–Crippen LogP) is 3.67. The molecular weight excluding hydrogens is 428 g/mol. The molecule has 1 N–H and O–H groups in total. The summed E-state index contributed by atoms with van der Waals surface area (Å²) in [5.41, 5.74) is 4.26. The predicted molar refractivity (Wildman–Crippen MR) is 128 cm³/mol. The van der Waals surface area contributed by atoms with Crippen molar-refractivity contribution in [3.05, 3.63) is 78.0 Å². The number of aromatic nitrogens is 2. The second kappa shape index (κ2) is 7.66. The lowest BCUT2D eigenvalue weighted by Crippen LogP contribution is -2.52. The van der Waals surface area contributed by atoms with E-state index in [2.05, 4.69) is 29.6 Å². The van der Waals surface area contributed by atoms with Crippen LogP contribution in [0.1, 0.15) is 28.8 Å². The molecule has 0 spiro atoms. The first kappa shape index (κ1) is 20.4. The van der Waals surface area contributed by atoms with Crippen LogP contribution in [0.15, 0.2) is 66.9 Å². The second-order valence-corrected chi connectivity index (χ2v) is 8.86. The minimum atomic E-state index is -0.617. The van der Waals surface area contributed by atoms with Gasteiger partial charge in [-0.2, -0.15) is 0 Å². The average Bonchev–Trinajstić information content (AvgIpc) is 3.38. The highest BCUT2D eigenvalue weighted by molar-refractivity contribution is 6.05. The summed E-state index contributed by atoms with van der Waals surface area (Å²) in [6.07, 6.45) is 2.59. The molecule has 34 heavy (non-hydrogen) atoms. The van der Waals surface area contributed by atoms with Crippen LogP contribution in [-0.2, 0) is 23.2 Å². The van der Waals surface area contributed by atoms with Crippen molar-refractivity contribution in [2.45, 2.75) is 25.4 Å². The molecule has 1 unspecified atom stereocenters. The van der Waals surface area contributed by atoms with Crippen molar-refractivity contribution in [2.24, 2.45) is 7.05 Å². The van der Waals surface area contributed by atoms with Crippen LogP contribution in [0.3, 0.4) is 0 Å². The van der Waals surface area contributed by atoms with E-state index in [1.807, 2.05) is 54.2 Å². The van der Waals surface area contributed by atoms with Crippen LogP contribution >= 0.6 is 0 Å². The summed E-state index contributed by atoms with van der Waals surface area (Å²) < 4.78 is 2.02. The van der Waals surface area contributed by atoms with Crippen LogP contribution in [0, 0.1) is 0 Å². The summed E-state index contributed by atoms with van der Waals surface area (Å²) >= 11 is 0. The van der Waals surface area contributed by atoms with Gasteiger partial charge >= 0.3 is 0 Å². The standard InChI is InChI=1S/C27H22N4O3/c1-30-15-22(28-25(30)21-8-4-6-16-5-2-3-7-19(16)21)17-9-10-20-18(13-17)14-31(27(20)34)23-11-12-24(32)29-26(23)33/h2-10,13,15,23H,11-12,14H2,1H3,(H,29,32,33). The van der Waals surface area contributed by atoms with Gasteiger partial charge in [0.2, 0.25) is 11.8 Å². The van der Waals surface area contributed by atoms with Gasteiger partial charge in [-0.1, -0.05) is 48.5 Å². The number of hydrogen-bond donors (Lipinski definition) is 1. The number of rotatable bonds is 3. The van der Waals surface area contributed by atoms with Gasteiger partial charge in [-0.3, -0.25) is 19.7 Å². The highest BCUT2D eigenvalue weighted by Gasteiger charge is 2.39. The number of imide groups is 1. The average molecular weight is 450 g/mol. The second-order valence-electron chi connectivity index (χ2n) is 8.86. The van der Waals surface area contributed by atoms with E-state index in [4.69, 9.17) is 4.98 Å². The van der Waals surface area contributed by atoms with E-state index in [0.717, 1.165) is 39.0 Å². The van der Waals surface area contributed by atoms with E-state index in [0.29, 0.717) is 18.5 Å². The maximum Gasteiger partial charge on any atom is 0.255 e.